The molecular formula is C25H29N5O2. The monoisotopic (exact) mass is 431 g/mol. The Bertz CT molecular complexity index is 1080. The number of nitrogens with one attached hydrogen (secondary N) is 1. The van der Waals surface area contributed by atoms with E-state index in [1.807, 2.05) is 68.1 Å². The minimum atomic E-state index is -0.388. The normalized spacial score (nSPS) is 14.9. The van der Waals surface area contributed by atoms with Crippen LogP contribution in [0.15, 0.2) is 61.1 Å². The summed E-state index contributed by atoms with van der Waals surface area (Å²) in [5.41, 5.74) is 2.39. The summed E-state index contributed by atoms with van der Waals surface area (Å²) in [6.45, 7) is 7.12. The number of carbonyl (C=O) groups excluding carboxylic acids is 2. The number of likely N-dealkylation sites (tertiary alicyclic amines) is 1. The van der Waals surface area contributed by atoms with Crippen molar-refractivity contribution in [1.82, 2.24) is 25.0 Å². The van der Waals surface area contributed by atoms with E-state index >= 15 is 0 Å². The molecule has 32 heavy (non-hydrogen) atoms. The Morgan fingerprint density at radius 1 is 1.03 bits per heavy atom. The van der Waals surface area contributed by atoms with Crippen LogP contribution in [0.3, 0.4) is 0 Å². The fourth-order valence-electron chi connectivity index (χ4n) is 3.93. The van der Waals surface area contributed by atoms with Crippen molar-refractivity contribution in [2.75, 3.05) is 13.1 Å². The van der Waals surface area contributed by atoms with Gasteiger partial charge in [0.25, 0.3) is 5.91 Å². The molecule has 1 aromatic carbocycles. The van der Waals surface area contributed by atoms with Crippen molar-refractivity contribution < 1.29 is 9.59 Å². The molecule has 0 saturated carbocycles. The van der Waals surface area contributed by atoms with Crippen molar-refractivity contribution >= 4 is 11.8 Å². The van der Waals surface area contributed by atoms with Crippen molar-refractivity contribution in [2.45, 2.75) is 39.7 Å². The van der Waals surface area contributed by atoms with Gasteiger partial charge in [-0.2, -0.15) is 5.10 Å². The molecule has 166 valence electrons. The fraction of sp³-hybridized carbons (Fsp3) is 0.360. The van der Waals surface area contributed by atoms with E-state index in [2.05, 4.69) is 10.3 Å². The molecule has 0 radical (unpaired) electrons. The molecule has 0 unspecified atom stereocenters. The van der Waals surface area contributed by atoms with Gasteiger partial charge in [-0.1, -0.05) is 39.0 Å². The lowest BCUT2D eigenvalue weighted by atomic mass is 9.93. The molecule has 3 heterocycles. The number of para-hydroxylation sites is 1. The van der Waals surface area contributed by atoms with Crippen LogP contribution >= 0.6 is 0 Å². The van der Waals surface area contributed by atoms with Crippen LogP contribution in [-0.4, -0.2) is 50.6 Å². The van der Waals surface area contributed by atoms with Gasteiger partial charge in [0.1, 0.15) is 5.69 Å². The molecule has 0 spiro atoms. The Hall–Kier alpha value is -3.48. The summed E-state index contributed by atoms with van der Waals surface area (Å²) in [7, 11) is 0. The zero-order valence-corrected chi connectivity index (χ0v) is 18.8. The number of nitrogens with zero attached hydrogens (tertiary/aromatic N) is 4. The molecule has 7 heteroatoms. The van der Waals surface area contributed by atoms with Gasteiger partial charge in [-0.25, -0.2) is 4.68 Å². The summed E-state index contributed by atoms with van der Waals surface area (Å²) in [6.07, 6.45) is 6.66. The second-order valence-electron chi connectivity index (χ2n) is 9.20. The van der Waals surface area contributed by atoms with E-state index in [-0.39, 0.29) is 23.3 Å². The molecule has 0 atom stereocenters. The number of pyridine rings is 1. The number of aromatic nitrogens is 3. The van der Waals surface area contributed by atoms with Crippen molar-refractivity contribution in [3.05, 3.63) is 66.6 Å². The number of rotatable bonds is 4. The summed E-state index contributed by atoms with van der Waals surface area (Å²) in [6, 6.07) is 13.5. The molecule has 0 aliphatic carbocycles. The van der Waals surface area contributed by atoms with E-state index < -0.39 is 0 Å². The maximum atomic E-state index is 13.3. The van der Waals surface area contributed by atoms with Gasteiger partial charge in [-0.3, -0.25) is 14.6 Å². The molecule has 3 aromatic rings. The average molecular weight is 432 g/mol. The zero-order chi connectivity index (χ0) is 22.7. The maximum absolute atomic E-state index is 13.3. The predicted molar refractivity (Wildman–Crippen MR) is 123 cm³/mol. The predicted octanol–water partition coefficient (Wildman–Crippen LogP) is 3.70. The quantitative estimate of drug-likeness (QED) is 0.683. The zero-order valence-electron chi connectivity index (χ0n) is 18.8. The molecule has 7 nitrogen and oxygen atoms in total. The summed E-state index contributed by atoms with van der Waals surface area (Å²) in [4.78, 5) is 31.9. The lowest BCUT2D eigenvalue weighted by Crippen LogP contribution is -2.49. The standard InChI is InChI=1S/C25H29N5O2/c1-25(2,3)24(32)29-14-11-19(12-15-29)27-23(31)21-17-30(20-9-5-4-6-10-20)28-22(21)18-8-7-13-26-16-18/h4-10,13,16-17,19H,11-12,14-15H2,1-3H3,(H,27,31). The highest BCUT2D eigenvalue weighted by atomic mass is 16.2. The van der Waals surface area contributed by atoms with Crippen molar-refractivity contribution in [3.8, 4) is 16.9 Å². The van der Waals surface area contributed by atoms with Crippen molar-refractivity contribution in [3.63, 3.8) is 0 Å². The first-order valence-electron chi connectivity index (χ1n) is 11.0. The van der Waals surface area contributed by atoms with Crippen molar-refractivity contribution in [1.29, 1.82) is 0 Å². The average Bonchev–Trinajstić information content (AvgIpc) is 3.25. The van der Waals surface area contributed by atoms with E-state index in [9.17, 15) is 9.59 Å². The largest absolute Gasteiger partial charge is 0.349 e. The Kier molecular flexibility index (Phi) is 6.08. The second-order valence-corrected chi connectivity index (χ2v) is 9.20. The lowest BCUT2D eigenvalue weighted by Gasteiger charge is -2.36. The van der Waals surface area contributed by atoms with Crippen molar-refractivity contribution in [2.24, 2.45) is 5.41 Å². The molecule has 2 aromatic heterocycles. The highest BCUT2D eigenvalue weighted by Gasteiger charge is 2.31. The minimum Gasteiger partial charge on any atom is -0.349 e. The molecular weight excluding hydrogens is 402 g/mol. The first-order valence-corrected chi connectivity index (χ1v) is 11.0. The number of piperidine rings is 1. The first kappa shape index (κ1) is 21.7. The van der Waals surface area contributed by atoms with Crippen LogP contribution in [0.25, 0.3) is 16.9 Å². The number of benzene rings is 1. The third-order valence-electron chi connectivity index (χ3n) is 5.67. The van der Waals surface area contributed by atoms with E-state index in [1.54, 1.807) is 23.3 Å². The van der Waals surface area contributed by atoms with Crippen LogP contribution in [0, 0.1) is 5.41 Å². The summed E-state index contributed by atoms with van der Waals surface area (Å²) >= 11 is 0. The summed E-state index contributed by atoms with van der Waals surface area (Å²) in [5.74, 6) is -0.00286. The Morgan fingerprint density at radius 3 is 2.38 bits per heavy atom. The number of amides is 2. The van der Waals surface area contributed by atoms with Crippen LogP contribution in [-0.2, 0) is 4.79 Å². The molecule has 1 aliphatic heterocycles. The molecule has 2 amide bonds. The highest BCUT2D eigenvalue weighted by molar-refractivity contribution is 6.00. The number of carbonyl (C=O) groups is 2. The van der Waals surface area contributed by atoms with E-state index in [4.69, 9.17) is 5.10 Å². The molecule has 0 bridgehead atoms. The molecule has 1 saturated heterocycles. The number of hydrogen-bond donors (Lipinski definition) is 1. The van der Waals surface area contributed by atoms with Crippen LogP contribution in [0.4, 0.5) is 0 Å². The van der Waals surface area contributed by atoms with Gasteiger partial charge in [0.15, 0.2) is 0 Å². The molecule has 4 rings (SSSR count). The van der Waals surface area contributed by atoms with Gasteiger partial charge in [0, 0.05) is 48.7 Å². The third-order valence-corrected chi connectivity index (χ3v) is 5.67. The maximum Gasteiger partial charge on any atom is 0.255 e. The van der Waals surface area contributed by atoms with Crippen LogP contribution in [0.5, 0.6) is 0 Å². The minimum absolute atomic E-state index is 0.0216. The highest BCUT2D eigenvalue weighted by Crippen LogP contribution is 2.24. The van der Waals surface area contributed by atoms with Gasteiger partial charge in [0.05, 0.1) is 11.3 Å². The van der Waals surface area contributed by atoms with Crippen LogP contribution in [0.1, 0.15) is 44.0 Å². The first-order chi connectivity index (χ1) is 15.3. The smallest absolute Gasteiger partial charge is 0.255 e. The van der Waals surface area contributed by atoms with Crippen LogP contribution < -0.4 is 5.32 Å². The van der Waals surface area contributed by atoms with E-state index in [0.717, 1.165) is 24.1 Å². The second kappa shape index (κ2) is 8.94. The van der Waals surface area contributed by atoms with Gasteiger partial charge in [-0.05, 0) is 37.1 Å². The van der Waals surface area contributed by atoms with Crippen LogP contribution in [0.2, 0.25) is 0 Å². The Morgan fingerprint density at radius 2 is 1.75 bits per heavy atom. The fourth-order valence-corrected chi connectivity index (χ4v) is 3.93. The Balaban J connectivity index is 1.52. The van der Waals surface area contributed by atoms with Gasteiger partial charge < -0.3 is 10.2 Å². The Labute approximate surface area is 188 Å². The SMILES string of the molecule is CC(C)(C)C(=O)N1CCC(NC(=O)c2cn(-c3ccccc3)nc2-c2cccnc2)CC1. The van der Waals surface area contributed by atoms with Gasteiger partial charge in [-0.15, -0.1) is 0 Å². The van der Waals surface area contributed by atoms with Gasteiger partial charge >= 0.3 is 0 Å². The van der Waals surface area contributed by atoms with E-state index in [1.165, 1.54) is 0 Å². The lowest BCUT2D eigenvalue weighted by molar-refractivity contribution is -0.140. The number of hydrogen-bond acceptors (Lipinski definition) is 4. The summed E-state index contributed by atoms with van der Waals surface area (Å²) in [5, 5.41) is 7.85. The molecule has 1 fully saturated rings. The van der Waals surface area contributed by atoms with Gasteiger partial charge in [0.2, 0.25) is 5.91 Å². The third kappa shape index (κ3) is 4.72. The summed E-state index contributed by atoms with van der Waals surface area (Å²) < 4.78 is 1.72. The molecule has 1 aliphatic rings. The topological polar surface area (TPSA) is 80.1 Å². The molecule has 1 N–H and O–H groups in total. The van der Waals surface area contributed by atoms with E-state index in [0.29, 0.717) is 24.3 Å².